The minimum absolute atomic E-state index is 0.547. The van der Waals surface area contributed by atoms with Gasteiger partial charge in [0.2, 0.25) is 0 Å². The predicted molar refractivity (Wildman–Crippen MR) is 92.0 cm³/mol. The zero-order chi connectivity index (χ0) is 18.5. The Kier molecular flexibility index (Phi) is 11.6. The summed E-state index contributed by atoms with van der Waals surface area (Å²) in [5, 5.41) is 18.3. The van der Waals surface area contributed by atoms with E-state index in [0.29, 0.717) is 6.04 Å². The molecule has 24 heavy (non-hydrogen) atoms. The van der Waals surface area contributed by atoms with Gasteiger partial charge in [-0.1, -0.05) is 13.8 Å². The molecule has 138 valence electrons. The first-order chi connectivity index (χ1) is 11.3. The first kappa shape index (κ1) is 22.1. The Hall–Kier alpha value is -1.86. The largest absolute Gasteiger partial charge is 0.473 e. The van der Waals surface area contributed by atoms with E-state index in [-0.39, 0.29) is 0 Å². The number of hydrogen-bond acceptors (Lipinski definition) is 5. The normalized spacial score (nSPS) is 11.7. The molecule has 0 aromatic carbocycles. The van der Waals surface area contributed by atoms with Gasteiger partial charge in [-0.2, -0.15) is 0 Å². The minimum atomic E-state index is -1.82. The molecule has 1 heterocycles. The van der Waals surface area contributed by atoms with Crippen LogP contribution in [0, 0.1) is 6.92 Å². The van der Waals surface area contributed by atoms with Crippen molar-refractivity contribution in [2.75, 3.05) is 19.6 Å². The fraction of sp³-hybridized carbons (Fsp3) is 0.647. The van der Waals surface area contributed by atoms with Crippen molar-refractivity contribution in [3.05, 3.63) is 23.7 Å². The van der Waals surface area contributed by atoms with E-state index in [0.717, 1.165) is 31.2 Å². The Balaban J connectivity index is 0.000000754. The summed E-state index contributed by atoms with van der Waals surface area (Å²) in [5.41, 5.74) is 0. The SMILES string of the molecule is CCN(CC)CCCC(C)NCc1ccc(C)o1.O=C(O)C(=O)O. The van der Waals surface area contributed by atoms with Crippen molar-refractivity contribution in [3.8, 4) is 0 Å². The summed E-state index contributed by atoms with van der Waals surface area (Å²) in [7, 11) is 0. The van der Waals surface area contributed by atoms with Crippen molar-refractivity contribution >= 4 is 11.9 Å². The fourth-order valence-corrected chi connectivity index (χ4v) is 2.12. The van der Waals surface area contributed by atoms with Gasteiger partial charge in [0.25, 0.3) is 0 Å². The van der Waals surface area contributed by atoms with Crippen LogP contribution in [0.15, 0.2) is 16.5 Å². The number of nitrogens with zero attached hydrogens (tertiary/aromatic N) is 1. The number of carboxylic acid groups (broad SMARTS) is 2. The highest BCUT2D eigenvalue weighted by atomic mass is 16.4. The molecule has 0 aliphatic carbocycles. The van der Waals surface area contributed by atoms with E-state index >= 15 is 0 Å². The van der Waals surface area contributed by atoms with Crippen molar-refractivity contribution < 1.29 is 24.2 Å². The summed E-state index contributed by atoms with van der Waals surface area (Å²) in [6.45, 7) is 13.0. The van der Waals surface area contributed by atoms with E-state index < -0.39 is 11.9 Å². The first-order valence-electron chi connectivity index (χ1n) is 8.27. The van der Waals surface area contributed by atoms with Gasteiger partial charge >= 0.3 is 11.9 Å². The molecule has 0 fully saturated rings. The second-order valence-corrected chi connectivity index (χ2v) is 5.57. The number of carboxylic acids is 2. The molecule has 7 nitrogen and oxygen atoms in total. The van der Waals surface area contributed by atoms with E-state index in [1.54, 1.807) is 0 Å². The van der Waals surface area contributed by atoms with E-state index in [4.69, 9.17) is 24.2 Å². The van der Waals surface area contributed by atoms with Gasteiger partial charge in [-0.15, -0.1) is 0 Å². The summed E-state index contributed by atoms with van der Waals surface area (Å²) in [6, 6.07) is 4.61. The Labute approximate surface area is 143 Å². The minimum Gasteiger partial charge on any atom is -0.473 e. The van der Waals surface area contributed by atoms with Crippen LogP contribution in [0.4, 0.5) is 0 Å². The third kappa shape index (κ3) is 10.8. The second kappa shape index (κ2) is 12.5. The molecule has 1 aromatic heterocycles. The molecule has 1 unspecified atom stereocenters. The molecule has 0 radical (unpaired) electrons. The monoisotopic (exact) mass is 342 g/mol. The Morgan fingerprint density at radius 3 is 2.21 bits per heavy atom. The highest BCUT2D eigenvalue weighted by Crippen LogP contribution is 2.07. The lowest BCUT2D eigenvalue weighted by atomic mass is 10.1. The summed E-state index contributed by atoms with van der Waals surface area (Å²) >= 11 is 0. The highest BCUT2D eigenvalue weighted by molar-refractivity contribution is 6.27. The molecule has 3 N–H and O–H groups in total. The van der Waals surface area contributed by atoms with Gasteiger partial charge in [0.1, 0.15) is 11.5 Å². The van der Waals surface area contributed by atoms with Gasteiger partial charge in [-0.25, -0.2) is 9.59 Å². The smallest absolute Gasteiger partial charge is 0.414 e. The molecule has 0 aliphatic rings. The van der Waals surface area contributed by atoms with Gasteiger partial charge < -0.3 is 24.8 Å². The quantitative estimate of drug-likeness (QED) is 0.592. The standard InChI is InChI=1S/C15H28N2O.C2H2O4/c1-5-17(6-2)11-7-8-13(3)16-12-15-10-9-14(4)18-15;3-1(4)2(5)6/h9-10,13,16H,5-8,11-12H2,1-4H3;(H,3,4)(H,5,6). The molecular formula is C17H30N2O5. The maximum atomic E-state index is 9.10. The van der Waals surface area contributed by atoms with Gasteiger partial charge in [0.05, 0.1) is 6.54 Å². The van der Waals surface area contributed by atoms with Crippen LogP contribution in [-0.4, -0.2) is 52.7 Å². The molecule has 1 aromatic rings. The molecule has 1 atom stereocenters. The Morgan fingerprint density at radius 1 is 1.21 bits per heavy atom. The van der Waals surface area contributed by atoms with Crippen LogP contribution in [0.2, 0.25) is 0 Å². The van der Waals surface area contributed by atoms with E-state index in [1.165, 1.54) is 19.4 Å². The molecule has 0 saturated heterocycles. The molecule has 0 saturated carbocycles. The van der Waals surface area contributed by atoms with E-state index in [2.05, 4.69) is 31.0 Å². The number of aliphatic carboxylic acids is 2. The summed E-state index contributed by atoms with van der Waals surface area (Å²) in [4.78, 5) is 20.7. The molecular weight excluding hydrogens is 312 g/mol. The van der Waals surface area contributed by atoms with Crippen molar-refractivity contribution in [1.82, 2.24) is 10.2 Å². The fourth-order valence-electron chi connectivity index (χ4n) is 2.12. The van der Waals surface area contributed by atoms with Crippen LogP contribution >= 0.6 is 0 Å². The van der Waals surface area contributed by atoms with Crippen LogP contribution in [0.5, 0.6) is 0 Å². The topological polar surface area (TPSA) is 103 Å². The number of hydrogen-bond donors (Lipinski definition) is 3. The number of nitrogens with one attached hydrogen (secondary N) is 1. The zero-order valence-electron chi connectivity index (χ0n) is 15.0. The van der Waals surface area contributed by atoms with Gasteiger partial charge in [0.15, 0.2) is 0 Å². The van der Waals surface area contributed by atoms with Crippen LogP contribution in [-0.2, 0) is 16.1 Å². The van der Waals surface area contributed by atoms with Crippen LogP contribution in [0.25, 0.3) is 0 Å². The van der Waals surface area contributed by atoms with Crippen LogP contribution in [0.3, 0.4) is 0 Å². The Morgan fingerprint density at radius 2 is 1.79 bits per heavy atom. The van der Waals surface area contributed by atoms with E-state index in [1.807, 2.05) is 19.1 Å². The maximum Gasteiger partial charge on any atom is 0.414 e. The van der Waals surface area contributed by atoms with Crippen LogP contribution in [0.1, 0.15) is 45.1 Å². The van der Waals surface area contributed by atoms with Crippen LogP contribution < -0.4 is 5.32 Å². The van der Waals surface area contributed by atoms with Crippen molar-refractivity contribution in [2.24, 2.45) is 0 Å². The number of rotatable bonds is 9. The van der Waals surface area contributed by atoms with Gasteiger partial charge in [0, 0.05) is 6.04 Å². The number of carbonyl (C=O) groups is 2. The lowest BCUT2D eigenvalue weighted by Crippen LogP contribution is -2.28. The predicted octanol–water partition coefficient (Wildman–Crippen LogP) is 2.34. The zero-order valence-corrected chi connectivity index (χ0v) is 15.0. The Bertz CT molecular complexity index is 471. The average molecular weight is 342 g/mol. The lowest BCUT2D eigenvalue weighted by molar-refractivity contribution is -0.159. The van der Waals surface area contributed by atoms with Crippen molar-refractivity contribution in [1.29, 1.82) is 0 Å². The number of aryl methyl sites for hydroxylation is 1. The van der Waals surface area contributed by atoms with Gasteiger partial charge in [-0.05, 0) is 58.5 Å². The van der Waals surface area contributed by atoms with E-state index in [9.17, 15) is 0 Å². The average Bonchev–Trinajstić information content (AvgIpc) is 2.95. The second-order valence-electron chi connectivity index (χ2n) is 5.57. The highest BCUT2D eigenvalue weighted by Gasteiger charge is 2.05. The molecule has 1 rings (SSSR count). The van der Waals surface area contributed by atoms with Gasteiger partial charge in [-0.3, -0.25) is 0 Å². The third-order valence-corrected chi connectivity index (χ3v) is 3.61. The maximum absolute atomic E-state index is 9.10. The van der Waals surface area contributed by atoms with Crippen molar-refractivity contribution in [2.45, 2.75) is 53.1 Å². The van der Waals surface area contributed by atoms with Crippen molar-refractivity contribution in [3.63, 3.8) is 0 Å². The molecule has 0 spiro atoms. The number of furan rings is 1. The molecule has 0 amide bonds. The lowest BCUT2D eigenvalue weighted by Gasteiger charge is -2.19. The molecule has 0 bridgehead atoms. The molecule has 0 aliphatic heterocycles. The summed E-state index contributed by atoms with van der Waals surface area (Å²) in [5.74, 6) is -1.63. The molecule has 7 heteroatoms. The third-order valence-electron chi connectivity index (χ3n) is 3.61. The first-order valence-corrected chi connectivity index (χ1v) is 8.27. The summed E-state index contributed by atoms with van der Waals surface area (Å²) in [6.07, 6.45) is 2.48. The summed E-state index contributed by atoms with van der Waals surface area (Å²) < 4.78 is 5.54.